The van der Waals surface area contributed by atoms with Crippen LogP contribution >= 0.6 is 0 Å². The van der Waals surface area contributed by atoms with E-state index in [9.17, 15) is 4.79 Å². The molecule has 0 N–H and O–H groups in total. The first-order chi connectivity index (χ1) is 10.3. The van der Waals surface area contributed by atoms with Gasteiger partial charge in [-0.1, -0.05) is 19.3 Å². The molecule has 5 nitrogen and oxygen atoms in total. The number of likely N-dealkylation sites (tertiary alicyclic amines) is 1. The Morgan fingerprint density at radius 2 is 1.81 bits per heavy atom. The molecule has 0 radical (unpaired) electrons. The van der Waals surface area contributed by atoms with E-state index in [1.807, 2.05) is 27.8 Å². The third-order valence-electron chi connectivity index (χ3n) is 3.91. The van der Waals surface area contributed by atoms with Gasteiger partial charge in [0.25, 0.3) is 5.91 Å². The molecule has 2 aromatic heterocycles. The van der Waals surface area contributed by atoms with Crippen molar-refractivity contribution in [3.05, 3.63) is 42.6 Å². The summed E-state index contributed by atoms with van der Waals surface area (Å²) in [5.41, 5.74) is 0.666. The summed E-state index contributed by atoms with van der Waals surface area (Å²) < 4.78 is 1.82. The van der Waals surface area contributed by atoms with Gasteiger partial charge in [0.05, 0.1) is 5.56 Å². The SMILES string of the molecule is O=C(c1ccc(-n2ccnc2)nc1)N1CCCCCCC1. The number of nitrogens with zero attached hydrogens (tertiary/aromatic N) is 4. The summed E-state index contributed by atoms with van der Waals surface area (Å²) >= 11 is 0. The Balaban J connectivity index is 1.72. The molecule has 5 heteroatoms. The lowest BCUT2D eigenvalue weighted by Gasteiger charge is -2.24. The molecular weight excluding hydrogens is 264 g/mol. The average Bonchev–Trinajstić information content (AvgIpc) is 3.01. The van der Waals surface area contributed by atoms with Crippen LogP contribution in [0.1, 0.15) is 42.5 Å². The largest absolute Gasteiger partial charge is 0.339 e. The van der Waals surface area contributed by atoms with E-state index in [0.717, 1.165) is 31.7 Å². The normalized spacial score (nSPS) is 16.3. The Bertz CT molecular complexity index is 569. The molecule has 1 aliphatic heterocycles. The molecule has 3 rings (SSSR count). The van der Waals surface area contributed by atoms with Gasteiger partial charge in [0.1, 0.15) is 12.1 Å². The third kappa shape index (κ3) is 3.29. The molecule has 0 unspecified atom stereocenters. The zero-order valence-electron chi connectivity index (χ0n) is 12.1. The fraction of sp³-hybridized carbons (Fsp3) is 0.438. The topological polar surface area (TPSA) is 51.0 Å². The Kier molecular flexibility index (Phi) is 4.28. The number of carbonyl (C=O) groups is 1. The third-order valence-corrected chi connectivity index (χ3v) is 3.91. The molecule has 0 saturated carbocycles. The molecule has 1 saturated heterocycles. The maximum atomic E-state index is 12.5. The van der Waals surface area contributed by atoms with Gasteiger partial charge in [0, 0.05) is 31.7 Å². The van der Waals surface area contributed by atoms with Crippen LogP contribution in [0, 0.1) is 0 Å². The molecule has 0 aliphatic carbocycles. The number of rotatable bonds is 2. The van der Waals surface area contributed by atoms with Crippen LogP contribution in [0.2, 0.25) is 0 Å². The number of aromatic nitrogens is 3. The Labute approximate surface area is 124 Å². The minimum absolute atomic E-state index is 0.0987. The minimum Gasteiger partial charge on any atom is -0.339 e. The molecule has 110 valence electrons. The summed E-state index contributed by atoms with van der Waals surface area (Å²) in [5.74, 6) is 0.873. The van der Waals surface area contributed by atoms with Gasteiger partial charge in [-0.3, -0.25) is 9.36 Å². The number of imidazole rings is 1. The number of carbonyl (C=O) groups excluding carboxylic acids is 1. The van der Waals surface area contributed by atoms with Crippen molar-refractivity contribution >= 4 is 5.91 Å². The molecule has 1 amide bonds. The van der Waals surface area contributed by atoms with E-state index < -0.39 is 0 Å². The lowest BCUT2D eigenvalue weighted by molar-refractivity contribution is 0.0742. The zero-order valence-corrected chi connectivity index (χ0v) is 12.1. The monoisotopic (exact) mass is 284 g/mol. The van der Waals surface area contributed by atoms with Crippen LogP contribution in [0.3, 0.4) is 0 Å². The van der Waals surface area contributed by atoms with Crippen molar-refractivity contribution in [3.8, 4) is 5.82 Å². The van der Waals surface area contributed by atoms with E-state index >= 15 is 0 Å². The standard InChI is InChI=1S/C16H20N4O/c21-16(19-9-4-2-1-3-5-10-19)14-6-7-15(18-12-14)20-11-8-17-13-20/h6-8,11-13H,1-5,9-10H2. The highest BCUT2D eigenvalue weighted by Gasteiger charge is 2.16. The van der Waals surface area contributed by atoms with Gasteiger partial charge in [0.15, 0.2) is 0 Å². The van der Waals surface area contributed by atoms with Gasteiger partial charge in [-0.2, -0.15) is 0 Å². The fourth-order valence-corrected chi connectivity index (χ4v) is 2.69. The molecule has 3 heterocycles. The molecule has 1 aliphatic rings. The van der Waals surface area contributed by atoms with Crippen LogP contribution < -0.4 is 0 Å². The van der Waals surface area contributed by atoms with E-state index in [4.69, 9.17) is 0 Å². The first kappa shape index (κ1) is 13.8. The van der Waals surface area contributed by atoms with Crippen LogP contribution in [0.5, 0.6) is 0 Å². The van der Waals surface area contributed by atoms with Crippen LogP contribution in [0.4, 0.5) is 0 Å². The van der Waals surface area contributed by atoms with Crippen molar-refractivity contribution < 1.29 is 4.79 Å². The number of hydrogen-bond acceptors (Lipinski definition) is 3. The van der Waals surface area contributed by atoms with Crippen molar-refractivity contribution in [3.63, 3.8) is 0 Å². The summed E-state index contributed by atoms with van der Waals surface area (Å²) in [5, 5.41) is 0. The Morgan fingerprint density at radius 3 is 2.43 bits per heavy atom. The predicted octanol–water partition coefficient (Wildman–Crippen LogP) is 2.67. The van der Waals surface area contributed by atoms with Crippen LogP contribution in [-0.2, 0) is 0 Å². The van der Waals surface area contributed by atoms with Gasteiger partial charge >= 0.3 is 0 Å². The molecule has 0 atom stereocenters. The van der Waals surface area contributed by atoms with Gasteiger partial charge in [-0.25, -0.2) is 9.97 Å². The van der Waals surface area contributed by atoms with Gasteiger partial charge in [-0.05, 0) is 25.0 Å². The minimum atomic E-state index is 0.0987. The summed E-state index contributed by atoms with van der Waals surface area (Å²) in [4.78, 5) is 22.8. The van der Waals surface area contributed by atoms with Gasteiger partial charge < -0.3 is 4.90 Å². The van der Waals surface area contributed by atoms with Crippen LogP contribution in [0.25, 0.3) is 5.82 Å². The fourth-order valence-electron chi connectivity index (χ4n) is 2.69. The Morgan fingerprint density at radius 1 is 1.05 bits per heavy atom. The van der Waals surface area contributed by atoms with Crippen molar-refractivity contribution in [2.75, 3.05) is 13.1 Å². The molecule has 0 aromatic carbocycles. The molecule has 21 heavy (non-hydrogen) atoms. The second-order valence-corrected chi connectivity index (χ2v) is 5.43. The molecule has 1 fully saturated rings. The average molecular weight is 284 g/mol. The second-order valence-electron chi connectivity index (χ2n) is 5.43. The predicted molar refractivity (Wildman–Crippen MR) is 80.3 cm³/mol. The highest BCUT2D eigenvalue weighted by atomic mass is 16.2. The summed E-state index contributed by atoms with van der Waals surface area (Å²) in [7, 11) is 0. The maximum Gasteiger partial charge on any atom is 0.255 e. The molecular formula is C16H20N4O. The molecule has 0 spiro atoms. The lowest BCUT2D eigenvalue weighted by Crippen LogP contribution is -2.33. The molecule has 2 aromatic rings. The maximum absolute atomic E-state index is 12.5. The highest BCUT2D eigenvalue weighted by Crippen LogP contribution is 2.14. The highest BCUT2D eigenvalue weighted by molar-refractivity contribution is 5.94. The summed E-state index contributed by atoms with van der Waals surface area (Å²) in [6.07, 6.45) is 12.9. The van der Waals surface area contributed by atoms with E-state index in [0.29, 0.717) is 5.56 Å². The van der Waals surface area contributed by atoms with E-state index in [2.05, 4.69) is 9.97 Å². The first-order valence-corrected chi connectivity index (χ1v) is 7.58. The first-order valence-electron chi connectivity index (χ1n) is 7.58. The van der Waals surface area contributed by atoms with Crippen molar-refractivity contribution in [2.24, 2.45) is 0 Å². The number of hydrogen-bond donors (Lipinski definition) is 0. The van der Waals surface area contributed by atoms with Gasteiger partial charge in [-0.15, -0.1) is 0 Å². The smallest absolute Gasteiger partial charge is 0.255 e. The van der Waals surface area contributed by atoms with Crippen LogP contribution in [0.15, 0.2) is 37.1 Å². The second kappa shape index (κ2) is 6.52. The lowest BCUT2D eigenvalue weighted by atomic mass is 10.1. The van der Waals surface area contributed by atoms with Crippen molar-refractivity contribution in [1.82, 2.24) is 19.4 Å². The van der Waals surface area contributed by atoms with Crippen molar-refractivity contribution in [1.29, 1.82) is 0 Å². The summed E-state index contributed by atoms with van der Waals surface area (Å²) in [6.45, 7) is 1.73. The van der Waals surface area contributed by atoms with E-state index in [1.54, 1.807) is 18.7 Å². The van der Waals surface area contributed by atoms with E-state index in [-0.39, 0.29) is 5.91 Å². The quantitative estimate of drug-likeness (QED) is 0.852. The summed E-state index contributed by atoms with van der Waals surface area (Å²) in [6, 6.07) is 3.71. The Hall–Kier alpha value is -2.17. The number of amides is 1. The van der Waals surface area contributed by atoms with Crippen LogP contribution in [-0.4, -0.2) is 38.4 Å². The van der Waals surface area contributed by atoms with Crippen molar-refractivity contribution in [2.45, 2.75) is 32.1 Å². The zero-order chi connectivity index (χ0) is 14.5. The molecule has 0 bridgehead atoms. The van der Waals surface area contributed by atoms with Gasteiger partial charge in [0.2, 0.25) is 0 Å². The van der Waals surface area contributed by atoms with E-state index in [1.165, 1.54) is 19.3 Å². The number of pyridine rings is 1.